The summed E-state index contributed by atoms with van der Waals surface area (Å²) in [5.74, 6) is 0.125. The highest BCUT2D eigenvalue weighted by atomic mass is 16.3. The molecule has 2 rings (SSSR count). The number of amides is 1. The molecule has 1 amide bonds. The lowest BCUT2D eigenvalue weighted by Gasteiger charge is -2.16. The fourth-order valence-corrected chi connectivity index (χ4v) is 1.44. The van der Waals surface area contributed by atoms with Crippen LogP contribution < -0.4 is 10.6 Å². The van der Waals surface area contributed by atoms with Gasteiger partial charge in [0.25, 0.3) is 5.91 Å². The number of nitrogen functional groups attached to an aromatic ring is 1. The van der Waals surface area contributed by atoms with Gasteiger partial charge in [0.1, 0.15) is 17.1 Å². The van der Waals surface area contributed by atoms with Crippen molar-refractivity contribution >= 4 is 17.4 Å². The van der Waals surface area contributed by atoms with E-state index < -0.39 is 0 Å². The van der Waals surface area contributed by atoms with E-state index in [9.17, 15) is 4.79 Å². The zero-order valence-electron chi connectivity index (χ0n) is 9.21. The summed E-state index contributed by atoms with van der Waals surface area (Å²) in [4.78, 5) is 13.5. The summed E-state index contributed by atoms with van der Waals surface area (Å²) < 4.78 is 0. The van der Waals surface area contributed by atoms with Crippen LogP contribution in [0.2, 0.25) is 0 Å². The third-order valence-corrected chi connectivity index (χ3v) is 2.44. The van der Waals surface area contributed by atoms with Crippen molar-refractivity contribution in [1.29, 1.82) is 0 Å². The molecule has 1 aromatic heterocycles. The number of hydrogen-bond donors (Lipinski definition) is 3. The van der Waals surface area contributed by atoms with Gasteiger partial charge in [0, 0.05) is 12.7 Å². The third-order valence-electron chi connectivity index (χ3n) is 2.44. The maximum Gasteiger partial charge on any atom is 0.263 e. The molecule has 0 aliphatic heterocycles. The van der Waals surface area contributed by atoms with Crippen LogP contribution in [0.1, 0.15) is 10.4 Å². The lowest BCUT2D eigenvalue weighted by Crippen LogP contribution is -2.26. The van der Waals surface area contributed by atoms with E-state index in [0.717, 1.165) is 0 Å². The van der Waals surface area contributed by atoms with Gasteiger partial charge in [-0.2, -0.15) is 5.10 Å². The number of nitrogens with zero attached hydrogens (tertiary/aromatic N) is 2. The second-order valence-corrected chi connectivity index (χ2v) is 3.58. The van der Waals surface area contributed by atoms with Crippen molar-refractivity contribution in [1.82, 2.24) is 10.2 Å². The molecule has 0 aliphatic rings. The molecule has 0 spiro atoms. The standard InChI is InChI=1S/C11H12N4O2/c1-15(7-2-4-8(16)5-3-7)11(17)9-6-13-14-10(9)12/h2-6,16H,1H3,(H3,12,13,14). The van der Waals surface area contributed by atoms with Crippen molar-refractivity contribution in [3.8, 4) is 5.75 Å². The smallest absolute Gasteiger partial charge is 0.263 e. The number of carbonyl (C=O) groups is 1. The minimum atomic E-state index is -0.262. The predicted molar refractivity (Wildman–Crippen MR) is 63.8 cm³/mol. The summed E-state index contributed by atoms with van der Waals surface area (Å²) >= 11 is 0. The number of carbonyl (C=O) groups excluding carboxylic acids is 1. The van der Waals surface area contributed by atoms with Crippen molar-refractivity contribution in [2.24, 2.45) is 0 Å². The number of anilines is 2. The Balaban J connectivity index is 2.26. The van der Waals surface area contributed by atoms with E-state index in [0.29, 0.717) is 11.3 Å². The Kier molecular flexibility index (Phi) is 2.70. The number of hydrogen-bond acceptors (Lipinski definition) is 4. The summed E-state index contributed by atoms with van der Waals surface area (Å²) in [5, 5.41) is 15.4. The Bertz CT molecular complexity index is 533. The summed E-state index contributed by atoms with van der Waals surface area (Å²) in [6, 6.07) is 6.31. The number of phenols is 1. The van der Waals surface area contributed by atoms with E-state index >= 15 is 0 Å². The predicted octanol–water partition coefficient (Wildman–Crippen LogP) is 0.974. The van der Waals surface area contributed by atoms with Crippen molar-refractivity contribution in [2.75, 3.05) is 17.7 Å². The molecule has 0 radical (unpaired) electrons. The molecule has 0 saturated carbocycles. The van der Waals surface area contributed by atoms with Crippen LogP contribution in [0.25, 0.3) is 0 Å². The average Bonchev–Trinajstić information content (AvgIpc) is 2.74. The zero-order valence-corrected chi connectivity index (χ0v) is 9.21. The Morgan fingerprint density at radius 2 is 2.06 bits per heavy atom. The third kappa shape index (κ3) is 2.05. The van der Waals surface area contributed by atoms with Crippen LogP contribution in [0.3, 0.4) is 0 Å². The first-order valence-corrected chi connectivity index (χ1v) is 4.95. The van der Waals surface area contributed by atoms with Crippen molar-refractivity contribution < 1.29 is 9.90 Å². The quantitative estimate of drug-likeness (QED) is 0.719. The minimum absolute atomic E-state index is 0.150. The first-order valence-electron chi connectivity index (χ1n) is 4.95. The van der Waals surface area contributed by atoms with Gasteiger partial charge in [-0.05, 0) is 24.3 Å². The van der Waals surface area contributed by atoms with Gasteiger partial charge >= 0.3 is 0 Å². The molecule has 6 nitrogen and oxygen atoms in total. The Morgan fingerprint density at radius 3 is 2.59 bits per heavy atom. The van der Waals surface area contributed by atoms with E-state index in [-0.39, 0.29) is 17.5 Å². The molecule has 0 fully saturated rings. The summed E-state index contributed by atoms with van der Waals surface area (Å²) in [6.45, 7) is 0. The summed E-state index contributed by atoms with van der Waals surface area (Å²) in [5.41, 5.74) is 6.56. The lowest BCUT2D eigenvalue weighted by molar-refractivity contribution is 0.0994. The fourth-order valence-electron chi connectivity index (χ4n) is 1.44. The van der Waals surface area contributed by atoms with Crippen LogP contribution in [-0.2, 0) is 0 Å². The van der Waals surface area contributed by atoms with Crippen molar-refractivity contribution in [3.05, 3.63) is 36.0 Å². The second kappa shape index (κ2) is 4.17. The summed E-state index contributed by atoms with van der Waals surface area (Å²) in [6.07, 6.45) is 1.38. The van der Waals surface area contributed by atoms with Crippen LogP contribution >= 0.6 is 0 Å². The van der Waals surface area contributed by atoms with E-state index in [1.165, 1.54) is 23.2 Å². The first-order chi connectivity index (χ1) is 8.09. The van der Waals surface area contributed by atoms with Gasteiger partial charge in [-0.25, -0.2) is 0 Å². The van der Waals surface area contributed by atoms with Gasteiger partial charge in [0.15, 0.2) is 0 Å². The van der Waals surface area contributed by atoms with Gasteiger partial charge in [-0.1, -0.05) is 0 Å². The van der Waals surface area contributed by atoms with Gasteiger partial charge in [0.2, 0.25) is 0 Å². The molecule has 4 N–H and O–H groups in total. The second-order valence-electron chi connectivity index (χ2n) is 3.58. The minimum Gasteiger partial charge on any atom is -0.508 e. The molecule has 2 aromatic rings. The monoisotopic (exact) mass is 232 g/mol. The molecular formula is C11H12N4O2. The molecule has 0 aliphatic carbocycles. The zero-order chi connectivity index (χ0) is 12.4. The number of nitrogens with two attached hydrogens (primary N) is 1. The Morgan fingerprint density at radius 1 is 1.41 bits per heavy atom. The van der Waals surface area contributed by atoms with E-state index in [2.05, 4.69) is 10.2 Å². The fraction of sp³-hybridized carbons (Fsp3) is 0.0909. The first kappa shape index (κ1) is 11.0. The SMILES string of the molecule is CN(C(=O)c1cn[nH]c1N)c1ccc(O)cc1. The normalized spacial score (nSPS) is 10.2. The molecule has 6 heteroatoms. The average molecular weight is 232 g/mol. The van der Waals surface area contributed by atoms with Crippen molar-refractivity contribution in [2.45, 2.75) is 0 Å². The van der Waals surface area contributed by atoms with Crippen LogP contribution in [0, 0.1) is 0 Å². The number of phenolic OH excluding ortho intramolecular Hbond substituents is 1. The maximum absolute atomic E-state index is 12.0. The van der Waals surface area contributed by atoms with E-state index in [4.69, 9.17) is 10.8 Å². The van der Waals surface area contributed by atoms with Gasteiger partial charge < -0.3 is 15.7 Å². The topological polar surface area (TPSA) is 95.2 Å². The number of rotatable bonds is 2. The highest BCUT2D eigenvalue weighted by molar-refractivity contribution is 6.08. The number of aromatic amines is 1. The molecule has 1 heterocycles. The Labute approximate surface area is 97.7 Å². The van der Waals surface area contributed by atoms with Crippen LogP contribution in [0.15, 0.2) is 30.5 Å². The number of benzene rings is 1. The van der Waals surface area contributed by atoms with Gasteiger partial charge in [-0.15, -0.1) is 0 Å². The number of aromatic nitrogens is 2. The molecule has 0 saturated heterocycles. The summed E-state index contributed by atoms with van der Waals surface area (Å²) in [7, 11) is 1.63. The highest BCUT2D eigenvalue weighted by Gasteiger charge is 2.17. The van der Waals surface area contributed by atoms with Crippen LogP contribution in [-0.4, -0.2) is 28.3 Å². The number of H-pyrrole nitrogens is 1. The molecule has 0 bridgehead atoms. The molecule has 0 atom stereocenters. The molecule has 88 valence electrons. The molecule has 0 unspecified atom stereocenters. The molecular weight excluding hydrogens is 220 g/mol. The largest absolute Gasteiger partial charge is 0.508 e. The highest BCUT2D eigenvalue weighted by Crippen LogP contribution is 2.20. The van der Waals surface area contributed by atoms with Gasteiger partial charge in [0.05, 0.1) is 6.20 Å². The Hall–Kier alpha value is -2.50. The van der Waals surface area contributed by atoms with Crippen LogP contribution in [0.4, 0.5) is 11.5 Å². The molecule has 17 heavy (non-hydrogen) atoms. The van der Waals surface area contributed by atoms with E-state index in [1.54, 1.807) is 19.2 Å². The van der Waals surface area contributed by atoms with Crippen LogP contribution in [0.5, 0.6) is 5.75 Å². The number of aromatic hydroxyl groups is 1. The van der Waals surface area contributed by atoms with Gasteiger partial charge in [-0.3, -0.25) is 9.89 Å². The molecule has 1 aromatic carbocycles. The van der Waals surface area contributed by atoms with E-state index in [1.807, 2.05) is 0 Å². The lowest BCUT2D eigenvalue weighted by atomic mass is 10.2. The number of nitrogens with one attached hydrogen (secondary N) is 1. The van der Waals surface area contributed by atoms with Crippen molar-refractivity contribution in [3.63, 3.8) is 0 Å². The maximum atomic E-state index is 12.0.